The summed E-state index contributed by atoms with van der Waals surface area (Å²) in [6, 6.07) is 23.7. The van der Waals surface area contributed by atoms with E-state index in [-0.39, 0.29) is 11.4 Å². The molecule has 0 saturated carbocycles. The molecule has 186 valence electrons. The van der Waals surface area contributed by atoms with Gasteiger partial charge in [0.25, 0.3) is 5.91 Å². The molecule has 3 aromatic rings. The number of methoxy groups -OCH3 is 1. The van der Waals surface area contributed by atoms with E-state index in [4.69, 9.17) is 14.9 Å². The Balaban J connectivity index is 1.30. The Hall–Kier alpha value is -3.75. The molecule has 0 aliphatic carbocycles. The Morgan fingerprint density at radius 2 is 1.84 bits per heavy atom. The monoisotopic (exact) mass is 527 g/mol. The summed E-state index contributed by atoms with van der Waals surface area (Å²) in [7, 11) is 1.59. The van der Waals surface area contributed by atoms with Crippen molar-refractivity contribution >= 4 is 52.2 Å². The lowest BCUT2D eigenvalue weighted by Crippen LogP contribution is -2.38. The predicted octanol–water partition coefficient (Wildman–Crippen LogP) is 6.48. The molecule has 2 aliphatic heterocycles. The molecule has 0 unspecified atom stereocenters. The molecule has 0 saturated heterocycles. The Bertz CT molecular complexity index is 1430. The molecule has 0 spiro atoms. The minimum Gasteiger partial charge on any atom is -0.493 e. The molecule has 0 radical (unpaired) electrons. The van der Waals surface area contributed by atoms with Crippen molar-refractivity contribution in [3.05, 3.63) is 100 Å². The molecule has 0 fully saturated rings. The van der Waals surface area contributed by atoms with E-state index < -0.39 is 5.91 Å². The maximum atomic E-state index is 12.8. The topological polar surface area (TPSA) is 75.0 Å². The number of hydrogen-bond donors (Lipinski definition) is 1. The summed E-state index contributed by atoms with van der Waals surface area (Å²) >= 11 is 3.08. The van der Waals surface area contributed by atoms with Crippen molar-refractivity contribution in [3.8, 4) is 11.5 Å². The zero-order chi connectivity index (χ0) is 25.8. The molecule has 0 aromatic heterocycles. The van der Waals surface area contributed by atoms with Gasteiger partial charge in [0.05, 0.1) is 25.0 Å². The van der Waals surface area contributed by atoms with Crippen molar-refractivity contribution in [1.82, 2.24) is 4.90 Å². The largest absolute Gasteiger partial charge is 0.493 e. The van der Waals surface area contributed by atoms with Crippen LogP contribution in [0.1, 0.15) is 16.7 Å². The lowest BCUT2D eigenvalue weighted by atomic mass is 10.1. The first-order chi connectivity index (χ1) is 18.0. The van der Waals surface area contributed by atoms with Crippen molar-refractivity contribution in [2.24, 2.45) is 4.99 Å². The predicted molar refractivity (Wildman–Crippen MR) is 152 cm³/mol. The van der Waals surface area contributed by atoms with Crippen LogP contribution in [0.4, 0.5) is 0 Å². The lowest BCUT2D eigenvalue weighted by molar-refractivity contribution is -0.114. The number of nitrogens with zero attached hydrogens (tertiary/aromatic N) is 2. The summed E-state index contributed by atoms with van der Waals surface area (Å²) in [4.78, 5) is 20.0. The first kappa shape index (κ1) is 24.9. The van der Waals surface area contributed by atoms with Gasteiger partial charge < -0.3 is 9.47 Å². The molecule has 6 nitrogen and oxygen atoms in total. The van der Waals surface area contributed by atoms with E-state index in [9.17, 15) is 4.79 Å². The Morgan fingerprint density at radius 3 is 2.59 bits per heavy atom. The van der Waals surface area contributed by atoms with Crippen molar-refractivity contribution in [2.75, 3.05) is 19.5 Å². The van der Waals surface area contributed by atoms with E-state index in [1.54, 1.807) is 29.8 Å². The third-order valence-corrected chi connectivity index (χ3v) is 7.62. The highest BCUT2D eigenvalue weighted by molar-refractivity contribution is 8.17. The van der Waals surface area contributed by atoms with Crippen LogP contribution in [0.3, 0.4) is 0 Å². The Labute approximate surface area is 224 Å². The van der Waals surface area contributed by atoms with Gasteiger partial charge in [0.15, 0.2) is 16.7 Å². The van der Waals surface area contributed by atoms with Gasteiger partial charge in [0.2, 0.25) is 0 Å². The first-order valence-electron chi connectivity index (χ1n) is 11.7. The van der Waals surface area contributed by atoms with Gasteiger partial charge in [-0.3, -0.25) is 15.1 Å². The van der Waals surface area contributed by atoms with Gasteiger partial charge in [0, 0.05) is 16.1 Å². The van der Waals surface area contributed by atoms with Crippen molar-refractivity contribution in [1.29, 1.82) is 5.41 Å². The number of rotatable bonds is 8. The van der Waals surface area contributed by atoms with E-state index in [0.717, 1.165) is 22.6 Å². The van der Waals surface area contributed by atoms with Crippen LogP contribution in [0.5, 0.6) is 11.5 Å². The highest BCUT2D eigenvalue weighted by atomic mass is 32.2. The normalized spacial score (nSPS) is 15.9. The average Bonchev–Trinajstić information content (AvgIpc) is 3.35. The number of amides is 1. The average molecular weight is 528 g/mol. The fourth-order valence-electron chi connectivity index (χ4n) is 3.92. The fraction of sp³-hybridized carbons (Fsp3) is 0.138. The van der Waals surface area contributed by atoms with Crippen LogP contribution in [-0.4, -0.2) is 41.3 Å². The van der Waals surface area contributed by atoms with Crippen molar-refractivity contribution in [2.45, 2.75) is 11.8 Å². The number of aliphatic imine (C=N–C) groups is 1. The molecule has 0 atom stereocenters. The quantitative estimate of drug-likeness (QED) is 0.205. The number of thioether (sulfide) groups is 2. The summed E-state index contributed by atoms with van der Waals surface area (Å²) in [5.41, 5.74) is 3.98. The molecule has 1 N–H and O–H groups in total. The maximum absolute atomic E-state index is 12.8. The molecule has 2 heterocycles. The number of aryl methyl sites for hydroxylation is 1. The van der Waals surface area contributed by atoms with E-state index >= 15 is 0 Å². The second kappa shape index (κ2) is 11.1. The molecular weight excluding hydrogens is 502 g/mol. The van der Waals surface area contributed by atoms with Gasteiger partial charge in [-0.1, -0.05) is 65.9 Å². The molecule has 2 aliphatic rings. The zero-order valence-electron chi connectivity index (χ0n) is 20.4. The van der Waals surface area contributed by atoms with Gasteiger partial charge in [-0.05, 0) is 48.4 Å². The molecular formula is C29H25N3O3S2. The van der Waals surface area contributed by atoms with Gasteiger partial charge in [0.1, 0.15) is 5.84 Å². The highest BCUT2D eigenvalue weighted by Crippen LogP contribution is 2.37. The number of amidine groups is 2. The minimum absolute atomic E-state index is 0.0996. The lowest BCUT2D eigenvalue weighted by Gasteiger charge is -2.27. The van der Waals surface area contributed by atoms with Gasteiger partial charge in [-0.25, -0.2) is 0 Å². The van der Waals surface area contributed by atoms with Crippen LogP contribution in [0.2, 0.25) is 0 Å². The number of hydrogen-bond acceptors (Lipinski definition) is 6. The van der Waals surface area contributed by atoms with Crippen LogP contribution >= 0.6 is 23.5 Å². The van der Waals surface area contributed by atoms with Crippen LogP contribution in [-0.2, 0) is 4.79 Å². The standard InChI is InChI=1S/C29H25N3O3S2/c1-19-8-11-22(12-9-19)36-15-14-35-25-13-10-20(17-26(25)34-2)16-23-27(30)32-24(21-6-4-3-5-7-21)18-37-29(32)31-28(23)33/h3-13,16-18,30H,14-15H2,1-2H3/b23-16-,30-27?. The molecule has 1 amide bonds. The van der Waals surface area contributed by atoms with E-state index in [1.165, 1.54) is 22.2 Å². The second-order valence-electron chi connectivity index (χ2n) is 8.35. The SMILES string of the molecule is COc1cc(/C=C2/C(=N)N3C(c4ccccc4)=CSC3=NC2=O)ccc1OCCSc1ccc(C)cc1. The summed E-state index contributed by atoms with van der Waals surface area (Å²) in [6.45, 7) is 2.60. The van der Waals surface area contributed by atoms with E-state index in [1.807, 2.05) is 53.9 Å². The Kier molecular flexibility index (Phi) is 7.48. The molecule has 37 heavy (non-hydrogen) atoms. The highest BCUT2D eigenvalue weighted by Gasteiger charge is 2.36. The molecule has 5 rings (SSSR count). The number of nitrogens with one attached hydrogen (secondary N) is 1. The van der Waals surface area contributed by atoms with Gasteiger partial charge in [-0.2, -0.15) is 4.99 Å². The zero-order valence-corrected chi connectivity index (χ0v) is 22.1. The van der Waals surface area contributed by atoms with Crippen LogP contribution < -0.4 is 9.47 Å². The summed E-state index contributed by atoms with van der Waals surface area (Å²) in [5.74, 6) is 1.66. The number of fused-ring (bicyclic) bond motifs is 1. The third-order valence-electron chi connectivity index (χ3n) is 5.81. The van der Waals surface area contributed by atoms with Gasteiger partial charge >= 0.3 is 0 Å². The summed E-state index contributed by atoms with van der Waals surface area (Å²) < 4.78 is 11.5. The number of ether oxygens (including phenoxy) is 2. The maximum Gasteiger partial charge on any atom is 0.283 e. The number of carbonyl (C=O) groups is 1. The fourth-order valence-corrected chi connectivity index (χ4v) is 5.54. The summed E-state index contributed by atoms with van der Waals surface area (Å²) in [6.07, 6.45) is 1.68. The first-order valence-corrected chi connectivity index (χ1v) is 13.6. The van der Waals surface area contributed by atoms with Crippen molar-refractivity contribution in [3.63, 3.8) is 0 Å². The van der Waals surface area contributed by atoms with Crippen LogP contribution in [0, 0.1) is 12.3 Å². The number of carbonyl (C=O) groups excluding carboxylic acids is 1. The minimum atomic E-state index is -0.432. The molecule has 0 bridgehead atoms. The van der Waals surface area contributed by atoms with Gasteiger partial charge in [-0.15, -0.1) is 11.8 Å². The second-order valence-corrected chi connectivity index (χ2v) is 10.4. The Morgan fingerprint density at radius 1 is 1.05 bits per heavy atom. The molecule has 8 heteroatoms. The van der Waals surface area contributed by atoms with E-state index in [0.29, 0.717) is 23.3 Å². The van der Waals surface area contributed by atoms with Crippen LogP contribution in [0.25, 0.3) is 11.8 Å². The smallest absolute Gasteiger partial charge is 0.283 e. The van der Waals surface area contributed by atoms with Crippen molar-refractivity contribution < 1.29 is 14.3 Å². The summed E-state index contributed by atoms with van der Waals surface area (Å²) in [5, 5.41) is 11.2. The molecule has 3 aromatic carbocycles. The third kappa shape index (κ3) is 5.50. The van der Waals surface area contributed by atoms with Crippen LogP contribution in [0.15, 0.2) is 93.7 Å². The van der Waals surface area contributed by atoms with E-state index in [2.05, 4.69) is 36.2 Å². The number of benzene rings is 3.